The summed E-state index contributed by atoms with van der Waals surface area (Å²) in [6.07, 6.45) is 1.03. The van der Waals surface area contributed by atoms with E-state index in [0.29, 0.717) is 13.2 Å². The molecule has 0 aliphatic heterocycles. The van der Waals surface area contributed by atoms with Gasteiger partial charge in [-0.15, -0.1) is 0 Å². The van der Waals surface area contributed by atoms with Gasteiger partial charge in [0.2, 0.25) is 0 Å². The SMILES string of the molecule is COC(=O)[C@H](Cc1ccc(OCCCO[Si](C)(C)C(C)(C)C)cc1)C(=O)OC(C)(C)C. The van der Waals surface area contributed by atoms with Gasteiger partial charge in [-0.05, 0) is 63.0 Å². The van der Waals surface area contributed by atoms with Crippen molar-refractivity contribution in [2.45, 2.75) is 78.1 Å². The van der Waals surface area contributed by atoms with Crippen LogP contribution in [0.2, 0.25) is 18.1 Å². The fourth-order valence-electron chi connectivity index (χ4n) is 2.53. The molecule has 176 valence electrons. The van der Waals surface area contributed by atoms with Crippen molar-refractivity contribution in [1.82, 2.24) is 0 Å². The first kappa shape index (κ1) is 27.2. The molecule has 0 aromatic heterocycles. The smallest absolute Gasteiger partial charge is 0.321 e. The van der Waals surface area contributed by atoms with E-state index in [1.54, 1.807) is 20.8 Å². The zero-order valence-electron chi connectivity index (χ0n) is 20.7. The molecule has 1 rings (SSSR count). The van der Waals surface area contributed by atoms with E-state index < -0.39 is 31.8 Å². The molecule has 6 nitrogen and oxygen atoms in total. The lowest BCUT2D eigenvalue weighted by atomic mass is 9.99. The third-order valence-electron chi connectivity index (χ3n) is 5.37. The van der Waals surface area contributed by atoms with Crippen molar-refractivity contribution >= 4 is 20.3 Å². The van der Waals surface area contributed by atoms with Crippen LogP contribution in [-0.4, -0.2) is 46.2 Å². The molecule has 1 atom stereocenters. The molecule has 0 aliphatic carbocycles. The molecule has 0 unspecified atom stereocenters. The average Bonchev–Trinajstić information content (AvgIpc) is 2.63. The molecule has 0 fully saturated rings. The summed E-state index contributed by atoms with van der Waals surface area (Å²) in [4.78, 5) is 24.5. The summed E-state index contributed by atoms with van der Waals surface area (Å²) in [6, 6.07) is 7.38. The van der Waals surface area contributed by atoms with Gasteiger partial charge >= 0.3 is 11.9 Å². The molecule has 1 aromatic carbocycles. The quantitative estimate of drug-likeness (QED) is 0.212. The van der Waals surface area contributed by atoms with Gasteiger partial charge in [0.15, 0.2) is 14.2 Å². The van der Waals surface area contributed by atoms with Gasteiger partial charge in [0.25, 0.3) is 0 Å². The van der Waals surface area contributed by atoms with Crippen LogP contribution in [0.4, 0.5) is 0 Å². The summed E-state index contributed by atoms with van der Waals surface area (Å²) in [5, 5.41) is 0.199. The second kappa shape index (κ2) is 11.1. The van der Waals surface area contributed by atoms with E-state index in [1.807, 2.05) is 24.3 Å². The van der Waals surface area contributed by atoms with Crippen molar-refractivity contribution in [3.8, 4) is 5.75 Å². The molecule has 0 spiro atoms. The van der Waals surface area contributed by atoms with Crippen LogP contribution in [0, 0.1) is 5.92 Å². The van der Waals surface area contributed by atoms with Crippen molar-refractivity contribution in [1.29, 1.82) is 0 Å². The maximum atomic E-state index is 12.4. The Morgan fingerprint density at radius 3 is 2.00 bits per heavy atom. The molecule has 0 amide bonds. The molecule has 0 saturated heterocycles. The molecular formula is C24H40O6Si. The molecule has 0 bridgehead atoms. The van der Waals surface area contributed by atoms with Gasteiger partial charge in [-0.3, -0.25) is 9.59 Å². The number of methoxy groups -OCH3 is 1. The summed E-state index contributed by atoms with van der Waals surface area (Å²) >= 11 is 0. The number of benzene rings is 1. The topological polar surface area (TPSA) is 71.1 Å². The molecule has 0 N–H and O–H groups in total. The van der Waals surface area contributed by atoms with Crippen LogP contribution in [0.5, 0.6) is 5.75 Å². The first-order valence-corrected chi connectivity index (χ1v) is 13.7. The van der Waals surface area contributed by atoms with Crippen LogP contribution in [0.15, 0.2) is 24.3 Å². The van der Waals surface area contributed by atoms with E-state index in [9.17, 15) is 9.59 Å². The monoisotopic (exact) mass is 452 g/mol. The van der Waals surface area contributed by atoms with Gasteiger partial charge < -0.3 is 18.6 Å². The predicted molar refractivity (Wildman–Crippen MR) is 125 cm³/mol. The summed E-state index contributed by atoms with van der Waals surface area (Å²) in [5.41, 5.74) is 0.157. The molecular weight excluding hydrogens is 412 g/mol. The summed E-state index contributed by atoms with van der Waals surface area (Å²) < 4.78 is 22.1. The van der Waals surface area contributed by atoms with Crippen molar-refractivity contribution in [3.05, 3.63) is 29.8 Å². The molecule has 7 heteroatoms. The van der Waals surface area contributed by atoms with Crippen molar-refractivity contribution in [3.63, 3.8) is 0 Å². The first-order valence-electron chi connectivity index (χ1n) is 10.8. The lowest BCUT2D eigenvalue weighted by molar-refractivity contribution is -0.168. The maximum absolute atomic E-state index is 12.4. The van der Waals surface area contributed by atoms with Gasteiger partial charge in [-0.1, -0.05) is 32.9 Å². The minimum Gasteiger partial charge on any atom is -0.494 e. The highest BCUT2D eigenvalue weighted by molar-refractivity contribution is 6.74. The van der Waals surface area contributed by atoms with Gasteiger partial charge in [-0.25, -0.2) is 0 Å². The van der Waals surface area contributed by atoms with Crippen LogP contribution >= 0.6 is 0 Å². The third-order valence-corrected chi connectivity index (χ3v) is 9.90. The predicted octanol–water partition coefficient (Wildman–Crippen LogP) is 5.15. The minimum atomic E-state index is -1.73. The molecule has 0 aliphatic rings. The van der Waals surface area contributed by atoms with Crippen molar-refractivity contribution in [2.24, 2.45) is 5.92 Å². The lowest BCUT2D eigenvalue weighted by Crippen LogP contribution is -2.41. The third kappa shape index (κ3) is 9.43. The first-order chi connectivity index (χ1) is 14.2. The maximum Gasteiger partial charge on any atom is 0.321 e. The van der Waals surface area contributed by atoms with E-state index in [2.05, 4.69) is 33.9 Å². The van der Waals surface area contributed by atoms with E-state index in [4.69, 9.17) is 18.6 Å². The average molecular weight is 453 g/mol. The normalized spacial score (nSPS) is 13.5. The Bertz CT molecular complexity index is 713. The highest BCUT2D eigenvalue weighted by atomic mass is 28.4. The zero-order chi connectivity index (χ0) is 23.9. The lowest BCUT2D eigenvalue weighted by Gasteiger charge is -2.36. The van der Waals surface area contributed by atoms with E-state index >= 15 is 0 Å². The van der Waals surface area contributed by atoms with Crippen molar-refractivity contribution < 1.29 is 28.2 Å². The molecule has 0 heterocycles. The van der Waals surface area contributed by atoms with E-state index in [0.717, 1.165) is 17.7 Å². The standard InChI is InChI=1S/C24H40O6Si/c1-23(2,3)30-22(26)20(21(25)27-7)17-18-11-13-19(14-12-18)28-15-10-16-29-31(8,9)24(4,5)6/h11-14,20H,10,15-17H2,1-9H3/t20-/m0/s1. The Hall–Kier alpha value is -1.86. The zero-order valence-corrected chi connectivity index (χ0v) is 21.7. The van der Waals surface area contributed by atoms with E-state index in [-0.39, 0.29) is 11.5 Å². The van der Waals surface area contributed by atoms with Gasteiger partial charge in [-0.2, -0.15) is 0 Å². The number of carbonyl (C=O) groups is 2. The van der Waals surface area contributed by atoms with Crippen LogP contribution in [0.25, 0.3) is 0 Å². The van der Waals surface area contributed by atoms with Gasteiger partial charge in [0.1, 0.15) is 11.4 Å². The molecule has 31 heavy (non-hydrogen) atoms. The molecule has 0 radical (unpaired) electrons. The Kier molecular flexibility index (Phi) is 9.76. The second-order valence-corrected chi connectivity index (χ2v) is 15.1. The van der Waals surface area contributed by atoms with Crippen LogP contribution in [0.1, 0.15) is 53.5 Å². The Labute approximate surface area is 188 Å². The van der Waals surface area contributed by atoms with Gasteiger partial charge in [0, 0.05) is 13.0 Å². The molecule has 0 saturated carbocycles. The minimum absolute atomic E-state index is 0.199. The van der Waals surface area contributed by atoms with Crippen LogP contribution < -0.4 is 4.74 Å². The van der Waals surface area contributed by atoms with Gasteiger partial charge in [0.05, 0.1) is 13.7 Å². The fraction of sp³-hybridized carbons (Fsp3) is 0.667. The number of ether oxygens (including phenoxy) is 3. The largest absolute Gasteiger partial charge is 0.494 e. The summed E-state index contributed by atoms with van der Waals surface area (Å²) in [7, 11) is -0.456. The Morgan fingerprint density at radius 1 is 0.935 bits per heavy atom. The fourth-order valence-corrected chi connectivity index (χ4v) is 3.62. The Morgan fingerprint density at radius 2 is 1.52 bits per heavy atom. The summed E-state index contributed by atoms with van der Waals surface area (Å²) in [6.45, 7) is 17.7. The number of esters is 2. The number of rotatable bonds is 10. The van der Waals surface area contributed by atoms with Crippen LogP contribution in [-0.2, 0) is 29.9 Å². The number of carbonyl (C=O) groups excluding carboxylic acids is 2. The van der Waals surface area contributed by atoms with Crippen LogP contribution in [0.3, 0.4) is 0 Å². The Balaban J connectivity index is 2.58. The summed E-state index contributed by atoms with van der Waals surface area (Å²) in [5.74, 6) is -1.44. The second-order valence-electron chi connectivity index (χ2n) is 10.3. The molecule has 1 aromatic rings. The number of hydrogen-bond acceptors (Lipinski definition) is 6. The number of hydrogen-bond donors (Lipinski definition) is 0. The highest BCUT2D eigenvalue weighted by Crippen LogP contribution is 2.36. The van der Waals surface area contributed by atoms with Crippen molar-refractivity contribution in [2.75, 3.05) is 20.3 Å². The highest BCUT2D eigenvalue weighted by Gasteiger charge is 2.36. The van der Waals surface area contributed by atoms with E-state index in [1.165, 1.54) is 7.11 Å².